The van der Waals surface area contributed by atoms with Crippen molar-refractivity contribution in [2.45, 2.75) is 0 Å². The fourth-order valence-electron chi connectivity index (χ4n) is 9.66. The molecule has 0 aliphatic carbocycles. The van der Waals surface area contributed by atoms with Gasteiger partial charge in [-0.1, -0.05) is 121 Å². The Morgan fingerprint density at radius 3 is 1.08 bits per heavy atom. The van der Waals surface area contributed by atoms with E-state index in [1.54, 1.807) is 0 Å². The molecule has 65 heavy (non-hydrogen) atoms. The van der Waals surface area contributed by atoms with Crippen LogP contribution < -0.4 is 9.80 Å². The summed E-state index contributed by atoms with van der Waals surface area (Å²) in [7, 11) is 0. The highest BCUT2D eigenvalue weighted by Gasteiger charge is 2.22. The van der Waals surface area contributed by atoms with Gasteiger partial charge in [0.15, 0.2) is 0 Å². The number of aromatic nitrogens is 4. The number of anilines is 6. The fourth-order valence-corrected chi connectivity index (χ4v) is 9.66. The van der Waals surface area contributed by atoms with Crippen LogP contribution in [-0.2, 0) is 0 Å². The number of hydrogen-bond acceptors (Lipinski definition) is 5. The highest BCUT2D eigenvalue weighted by molar-refractivity contribution is 6.12. The van der Waals surface area contributed by atoms with E-state index >= 15 is 0 Å². The SMILES string of the molecule is c1ccc(N(c2ccc3c4ccccc4n(-c4ccccc4)c3c2)c2ccc3c(n2)oc2nc(N(c4ccccc4)c4ccc5c6ccccc6n(-c6ccccc6)c5c4)ccc23)cc1. The molecule has 0 saturated carbocycles. The highest BCUT2D eigenvalue weighted by Crippen LogP contribution is 2.43. The third kappa shape index (κ3) is 5.98. The Kier molecular flexibility index (Phi) is 8.39. The maximum Gasteiger partial charge on any atom is 0.231 e. The summed E-state index contributed by atoms with van der Waals surface area (Å²) in [5.41, 5.74) is 11.7. The Balaban J connectivity index is 0.949. The molecule has 306 valence electrons. The van der Waals surface area contributed by atoms with E-state index in [0.29, 0.717) is 11.4 Å². The number of pyridine rings is 2. The molecule has 0 atom stereocenters. The molecular weight excluding hydrogens is 797 g/mol. The molecule has 0 radical (unpaired) electrons. The molecule has 0 amide bonds. The zero-order valence-electron chi connectivity index (χ0n) is 35.0. The maximum atomic E-state index is 6.67. The molecule has 0 aliphatic rings. The summed E-state index contributed by atoms with van der Waals surface area (Å²) in [5.74, 6) is 1.47. The zero-order chi connectivity index (χ0) is 42.8. The Morgan fingerprint density at radius 1 is 0.292 bits per heavy atom. The summed E-state index contributed by atoms with van der Waals surface area (Å²) < 4.78 is 11.4. The van der Waals surface area contributed by atoms with Crippen LogP contribution in [0.3, 0.4) is 0 Å². The van der Waals surface area contributed by atoms with Gasteiger partial charge in [-0.3, -0.25) is 9.80 Å². The van der Waals surface area contributed by atoms with Crippen molar-refractivity contribution in [2.24, 2.45) is 0 Å². The minimum Gasteiger partial charge on any atom is -0.419 e. The van der Waals surface area contributed by atoms with Gasteiger partial charge in [-0.05, 0) is 109 Å². The first kappa shape index (κ1) is 36.7. The maximum absolute atomic E-state index is 6.67. The van der Waals surface area contributed by atoms with Crippen LogP contribution >= 0.6 is 0 Å². The van der Waals surface area contributed by atoms with E-state index in [2.05, 4.69) is 237 Å². The van der Waals surface area contributed by atoms with Crippen LogP contribution in [0, 0.1) is 0 Å². The molecule has 5 aromatic heterocycles. The van der Waals surface area contributed by atoms with Crippen molar-refractivity contribution in [2.75, 3.05) is 9.80 Å². The molecule has 0 saturated heterocycles. The van der Waals surface area contributed by atoms with Crippen LogP contribution in [0.4, 0.5) is 34.4 Å². The Labute approximate surface area is 373 Å². The van der Waals surface area contributed by atoms with E-state index < -0.39 is 0 Å². The van der Waals surface area contributed by atoms with Crippen molar-refractivity contribution in [3.05, 3.63) is 231 Å². The van der Waals surface area contributed by atoms with Gasteiger partial charge in [0.25, 0.3) is 0 Å². The number of para-hydroxylation sites is 6. The van der Waals surface area contributed by atoms with E-state index in [0.717, 1.165) is 78.6 Å². The molecule has 13 aromatic rings. The van der Waals surface area contributed by atoms with Crippen LogP contribution in [0.1, 0.15) is 0 Å². The molecule has 0 unspecified atom stereocenters. The number of hydrogen-bond donors (Lipinski definition) is 0. The van der Waals surface area contributed by atoms with Crippen LogP contribution in [0.2, 0.25) is 0 Å². The second-order valence-corrected chi connectivity index (χ2v) is 16.3. The second kappa shape index (κ2) is 14.9. The van der Waals surface area contributed by atoms with Gasteiger partial charge in [0.2, 0.25) is 11.4 Å². The molecule has 0 aliphatic heterocycles. The van der Waals surface area contributed by atoms with E-state index in [9.17, 15) is 0 Å². The largest absolute Gasteiger partial charge is 0.419 e. The summed E-state index contributed by atoms with van der Waals surface area (Å²) in [6.07, 6.45) is 0. The first-order valence-corrected chi connectivity index (χ1v) is 21.8. The molecule has 0 N–H and O–H groups in total. The van der Waals surface area contributed by atoms with Gasteiger partial charge in [0, 0.05) is 55.7 Å². The van der Waals surface area contributed by atoms with E-state index in [1.807, 2.05) is 12.1 Å². The standard InChI is InChI=1S/C58H38N6O/c1-5-17-39(18-6-1)61(43-29-31-47-45-25-13-15-27-51(45)63(53(47)37-43)41-21-9-3-10-22-41)55-35-33-49-50-34-36-56(60-58(50)65-57(49)59-55)62(40-19-7-2-8-20-40)44-30-32-48-46-26-14-16-28-52(46)64(54(48)38-44)42-23-11-4-12-24-42/h1-38H. The summed E-state index contributed by atoms with van der Waals surface area (Å²) in [6.45, 7) is 0. The molecule has 0 fully saturated rings. The first-order valence-electron chi connectivity index (χ1n) is 21.8. The Morgan fingerprint density at radius 2 is 0.646 bits per heavy atom. The van der Waals surface area contributed by atoms with Gasteiger partial charge < -0.3 is 13.6 Å². The highest BCUT2D eigenvalue weighted by atomic mass is 16.3. The van der Waals surface area contributed by atoms with Crippen LogP contribution in [0.15, 0.2) is 235 Å². The van der Waals surface area contributed by atoms with Crippen LogP contribution in [-0.4, -0.2) is 19.1 Å². The minimum absolute atomic E-state index is 0.516. The summed E-state index contributed by atoms with van der Waals surface area (Å²) >= 11 is 0. The third-order valence-electron chi connectivity index (χ3n) is 12.5. The predicted molar refractivity (Wildman–Crippen MR) is 267 cm³/mol. The van der Waals surface area contributed by atoms with Crippen molar-refractivity contribution in [3.8, 4) is 11.4 Å². The normalized spacial score (nSPS) is 11.7. The summed E-state index contributed by atoms with van der Waals surface area (Å²) in [4.78, 5) is 14.9. The van der Waals surface area contributed by atoms with E-state index in [-0.39, 0.29) is 0 Å². The monoisotopic (exact) mass is 834 g/mol. The molecule has 5 heterocycles. The molecule has 8 aromatic carbocycles. The Bertz CT molecular complexity index is 3640. The van der Waals surface area contributed by atoms with Crippen LogP contribution in [0.5, 0.6) is 0 Å². The average molecular weight is 835 g/mol. The number of furan rings is 1. The van der Waals surface area contributed by atoms with Gasteiger partial charge in [0.05, 0.1) is 32.8 Å². The second-order valence-electron chi connectivity index (χ2n) is 16.3. The van der Waals surface area contributed by atoms with Crippen molar-refractivity contribution < 1.29 is 4.42 Å². The Hall–Kier alpha value is -8.94. The lowest BCUT2D eigenvalue weighted by molar-refractivity contribution is 0.640. The van der Waals surface area contributed by atoms with E-state index in [1.165, 1.54) is 21.5 Å². The number of nitrogens with zero attached hydrogens (tertiary/aromatic N) is 6. The first-order chi connectivity index (χ1) is 32.2. The van der Waals surface area contributed by atoms with Crippen molar-refractivity contribution in [1.29, 1.82) is 0 Å². The van der Waals surface area contributed by atoms with Crippen molar-refractivity contribution in [3.63, 3.8) is 0 Å². The van der Waals surface area contributed by atoms with Crippen molar-refractivity contribution in [1.82, 2.24) is 19.1 Å². The lowest BCUT2D eigenvalue weighted by Crippen LogP contribution is -2.11. The summed E-state index contributed by atoms with van der Waals surface area (Å²) in [6, 6.07) is 80.8. The van der Waals surface area contributed by atoms with Gasteiger partial charge in [0.1, 0.15) is 11.6 Å². The minimum atomic E-state index is 0.516. The number of benzene rings is 8. The molecule has 13 rings (SSSR count). The van der Waals surface area contributed by atoms with Crippen molar-refractivity contribution >= 4 is 100 Å². The third-order valence-corrected chi connectivity index (χ3v) is 12.5. The molecule has 7 nitrogen and oxygen atoms in total. The number of rotatable bonds is 8. The molecule has 0 spiro atoms. The quantitative estimate of drug-likeness (QED) is 0.153. The molecule has 7 heteroatoms. The lowest BCUT2D eigenvalue weighted by atomic mass is 10.1. The molecular formula is C58H38N6O. The fraction of sp³-hybridized carbons (Fsp3) is 0. The van der Waals surface area contributed by atoms with E-state index in [4.69, 9.17) is 14.4 Å². The number of fused-ring (bicyclic) bond motifs is 9. The summed E-state index contributed by atoms with van der Waals surface area (Å²) in [5, 5.41) is 6.59. The van der Waals surface area contributed by atoms with Gasteiger partial charge in [-0.25, -0.2) is 0 Å². The van der Waals surface area contributed by atoms with Gasteiger partial charge in [-0.15, -0.1) is 0 Å². The average Bonchev–Trinajstić information content (AvgIpc) is 4.02. The van der Waals surface area contributed by atoms with Gasteiger partial charge in [-0.2, -0.15) is 9.97 Å². The smallest absolute Gasteiger partial charge is 0.231 e. The predicted octanol–water partition coefficient (Wildman–Crippen LogP) is 15.5. The van der Waals surface area contributed by atoms with Crippen LogP contribution in [0.25, 0.3) is 77.2 Å². The molecule has 0 bridgehead atoms. The lowest BCUT2D eigenvalue weighted by Gasteiger charge is -2.24. The topological polar surface area (TPSA) is 55.3 Å². The van der Waals surface area contributed by atoms with Gasteiger partial charge >= 0.3 is 0 Å². The zero-order valence-corrected chi connectivity index (χ0v) is 35.0.